The van der Waals surface area contributed by atoms with Crippen molar-refractivity contribution in [2.45, 2.75) is 12.8 Å². The summed E-state index contributed by atoms with van der Waals surface area (Å²) in [4.78, 5) is 30.6. The van der Waals surface area contributed by atoms with Crippen molar-refractivity contribution in [3.63, 3.8) is 0 Å². The molecular formula is C26H21ClN2O3S. The first-order valence-electron chi connectivity index (χ1n) is 10.3. The summed E-state index contributed by atoms with van der Waals surface area (Å²) in [6.45, 7) is 0. The van der Waals surface area contributed by atoms with Gasteiger partial charge < -0.3 is 10.1 Å². The molecule has 33 heavy (non-hydrogen) atoms. The van der Waals surface area contributed by atoms with E-state index in [4.69, 9.17) is 16.3 Å². The molecule has 0 radical (unpaired) electrons. The Morgan fingerprint density at radius 3 is 2.27 bits per heavy atom. The lowest BCUT2D eigenvalue weighted by Crippen LogP contribution is -2.13. The molecule has 0 aliphatic rings. The number of Topliss-reactive ketones (excluding diaryl/α,β-unsaturated/α-hetero) is 1. The van der Waals surface area contributed by atoms with Gasteiger partial charge in [0.2, 0.25) is 5.91 Å². The molecule has 0 aliphatic heterocycles. The van der Waals surface area contributed by atoms with Gasteiger partial charge in [-0.15, -0.1) is 0 Å². The van der Waals surface area contributed by atoms with Gasteiger partial charge in [0.1, 0.15) is 5.75 Å². The summed E-state index contributed by atoms with van der Waals surface area (Å²) >= 11 is 7.44. The Kier molecular flexibility index (Phi) is 7.17. The molecule has 0 bridgehead atoms. The van der Waals surface area contributed by atoms with Crippen molar-refractivity contribution < 1.29 is 14.3 Å². The van der Waals surface area contributed by atoms with Crippen molar-refractivity contribution >= 4 is 39.8 Å². The standard InChI is InChI=1S/C26H21ClN2O3S/c1-32-21-13-9-17(10-14-21)22(30)15-16-23(31)28-26-29-24(18-5-3-2-4-6-18)25(33-26)19-7-11-20(27)12-8-19/h2-14H,15-16H2,1H3,(H,28,29,31). The van der Waals surface area contributed by atoms with Crippen LogP contribution in [-0.4, -0.2) is 23.8 Å². The Bertz CT molecular complexity index is 1250. The molecule has 5 nitrogen and oxygen atoms in total. The number of ketones is 1. The number of hydrogen-bond donors (Lipinski definition) is 1. The molecule has 4 aromatic rings. The molecule has 0 saturated heterocycles. The fourth-order valence-corrected chi connectivity index (χ4v) is 4.43. The number of halogens is 1. The van der Waals surface area contributed by atoms with Gasteiger partial charge in [-0.3, -0.25) is 9.59 Å². The van der Waals surface area contributed by atoms with Gasteiger partial charge in [0.25, 0.3) is 0 Å². The number of anilines is 1. The highest BCUT2D eigenvalue weighted by molar-refractivity contribution is 7.19. The molecule has 0 spiro atoms. The predicted octanol–water partition coefficient (Wildman–Crippen LogP) is 6.74. The first kappa shape index (κ1) is 22.7. The third-order valence-electron chi connectivity index (χ3n) is 5.02. The van der Waals surface area contributed by atoms with E-state index in [-0.39, 0.29) is 24.5 Å². The van der Waals surface area contributed by atoms with Crippen LogP contribution in [0.4, 0.5) is 5.13 Å². The summed E-state index contributed by atoms with van der Waals surface area (Å²) in [5.74, 6) is 0.324. The van der Waals surface area contributed by atoms with Crippen LogP contribution in [0.25, 0.3) is 21.7 Å². The first-order valence-corrected chi connectivity index (χ1v) is 11.5. The average molecular weight is 477 g/mol. The second kappa shape index (κ2) is 10.4. The molecule has 166 valence electrons. The van der Waals surface area contributed by atoms with Crippen molar-refractivity contribution in [1.29, 1.82) is 0 Å². The van der Waals surface area contributed by atoms with Crippen molar-refractivity contribution in [3.05, 3.63) is 89.4 Å². The number of aromatic nitrogens is 1. The van der Waals surface area contributed by atoms with Crippen molar-refractivity contribution in [1.82, 2.24) is 4.98 Å². The number of ether oxygens (including phenoxy) is 1. The lowest BCUT2D eigenvalue weighted by Gasteiger charge is -2.03. The summed E-state index contributed by atoms with van der Waals surface area (Å²) in [6.07, 6.45) is 0.181. The molecule has 0 fully saturated rings. The second-order valence-corrected chi connectivity index (χ2v) is 8.71. The third-order valence-corrected chi connectivity index (χ3v) is 6.29. The topological polar surface area (TPSA) is 68.3 Å². The van der Waals surface area contributed by atoms with Gasteiger partial charge in [-0.1, -0.05) is 65.4 Å². The monoisotopic (exact) mass is 476 g/mol. The van der Waals surface area contributed by atoms with E-state index in [1.165, 1.54) is 11.3 Å². The summed E-state index contributed by atoms with van der Waals surface area (Å²) in [6, 6.07) is 24.2. The Morgan fingerprint density at radius 2 is 1.61 bits per heavy atom. The zero-order valence-electron chi connectivity index (χ0n) is 17.9. The maximum Gasteiger partial charge on any atom is 0.226 e. The zero-order chi connectivity index (χ0) is 23.2. The molecule has 1 amide bonds. The van der Waals surface area contributed by atoms with Gasteiger partial charge >= 0.3 is 0 Å². The molecule has 1 heterocycles. The molecule has 4 rings (SSSR count). The van der Waals surface area contributed by atoms with E-state index in [0.29, 0.717) is 21.5 Å². The minimum Gasteiger partial charge on any atom is -0.497 e. The highest BCUT2D eigenvalue weighted by Crippen LogP contribution is 2.39. The maximum atomic E-state index is 12.6. The van der Waals surface area contributed by atoms with E-state index >= 15 is 0 Å². The van der Waals surface area contributed by atoms with Crippen LogP contribution in [0.3, 0.4) is 0 Å². The highest BCUT2D eigenvalue weighted by atomic mass is 35.5. The molecule has 0 unspecified atom stereocenters. The number of benzene rings is 3. The zero-order valence-corrected chi connectivity index (χ0v) is 19.5. The maximum absolute atomic E-state index is 12.6. The molecular weight excluding hydrogens is 456 g/mol. The lowest BCUT2D eigenvalue weighted by molar-refractivity contribution is -0.116. The van der Waals surface area contributed by atoms with Crippen LogP contribution in [0.1, 0.15) is 23.2 Å². The van der Waals surface area contributed by atoms with E-state index in [2.05, 4.69) is 10.3 Å². The van der Waals surface area contributed by atoms with Gasteiger partial charge in [0, 0.05) is 29.0 Å². The quantitative estimate of drug-likeness (QED) is 0.286. The number of hydrogen-bond acceptors (Lipinski definition) is 5. The van der Waals surface area contributed by atoms with Crippen LogP contribution in [0.5, 0.6) is 5.75 Å². The van der Waals surface area contributed by atoms with Crippen molar-refractivity contribution in [2.24, 2.45) is 0 Å². The molecule has 0 atom stereocenters. The second-order valence-electron chi connectivity index (χ2n) is 7.27. The molecule has 1 N–H and O–H groups in total. The Labute approximate surface area is 201 Å². The first-order chi connectivity index (χ1) is 16.0. The van der Waals surface area contributed by atoms with Crippen LogP contribution in [-0.2, 0) is 4.79 Å². The number of carbonyl (C=O) groups excluding carboxylic acids is 2. The number of nitrogens with one attached hydrogen (secondary N) is 1. The van der Waals surface area contributed by atoms with E-state index < -0.39 is 0 Å². The van der Waals surface area contributed by atoms with Crippen molar-refractivity contribution in [2.75, 3.05) is 12.4 Å². The Morgan fingerprint density at radius 1 is 0.909 bits per heavy atom. The molecule has 3 aromatic carbocycles. The fraction of sp³-hybridized carbons (Fsp3) is 0.115. The van der Waals surface area contributed by atoms with Gasteiger partial charge in [-0.2, -0.15) is 0 Å². The molecule has 7 heteroatoms. The summed E-state index contributed by atoms with van der Waals surface area (Å²) in [7, 11) is 1.57. The van der Waals surface area contributed by atoms with Gasteiger partial charge in [0.15, 0.2) is 10.9 Å². The van der Waals surface area contributed by atoms with Crippen LogP contribution in [0.15, 0.2) is 78.9 Å². The molecule has 1 aromatic heterocycles. The summed E-state index contributed by atoms with van der Waals surface area (Å²) < 4.78 is 5.11. The normalized spacial score (nSPS) is 10.6. The Hall–Kier alpha value is -3.48. The molecule has 0 saturated carbocycles. The largest absolute Gasteiger partial charge is 0.497 e. The number of nitrogens with zero attached hydrogens (tertiary/aromatic N) is 1. The van der Waals surface area contributed by atoms with Gasteiger partial charge in [0.05, 0.1) is 17.7 Å². The predicted molar refractivity (Wildman–Crippen MR) is 133 cm³/mol. The van der Waals surface area contributed by atoms with Gasteiger partial charge in [-0.25, -0.2) is 4.98 Å². The smallest absolute Gasteiger partial charge is 0.226 e. The van der Waals surface area contributed by atoms with E-state index in [0.717, 1.165) is 21.7 Å². The minimum atomic E-state index is -0.257. The van der Waals surface area contributed by atoms with Crippen molar-refractivity contribution in [3.8, 4) is 27.4 Å². The van der Waals surface area contributed by atoms with E-state index in [1.807, 2.05) is 54.6 Å². The number of carbonyl (C=O) groups is 2. The number of rotatable bonds is 8. The fourth-order valence-electron chi connectivity index (χ4n) is 3.29. The van der Waals surface area contributed by atoms with Crippen LogP contribution in [0, 0.1) is 0 Å². The third kappa shape index (κ3) is 5.66. The lowest BCUT2D eigenvalue weighted by atomic mass is 10.1. The SMILES string of the molecule is COc1ccc(C(=O)CCC(=O)Nc2nc(-c3ccccc3)c(-c3ccc(Cl)cc3)s2)cc1. The number of thiazole rings is 1. The average Bonchev–Trinajstić information content (AvgIpc) is 3.27. The van der Waals surface area contributed by atoms with Gasteiger partial charge in [-0.05, 0) is 42.0 Å². The van der Waals surface area contributed by atoms with E-state index in [1.54, 1.807) is 31.4 Å². The highest BCUT2D eigenvalue weighted by Gasteiger charge is 2.17. The number of methoxy groups -OCH3 is 1. The van der Waals surface area contributed by atoms with Crippen LogP contribution in [0.2, 0.25) is 5.02 Å². The summed E-state index contributed by atoms with van der Waals surface area (Å²) in [5.41, 5.74) is 3.25. The van der Waals surface area contributed by atoms with Crippen LogP contribution < -0.4 is 10.1 Å². The minimum absolute atomic E-state index is 0.0708. The number of amides is 1. The van der Waals surface area contributed by atoms with E-state index in [9.17, 15) is 9.59 Å². The Balaban J connectivity index is 1.48. The molecule has 0 aliphatic carbocycles. The summed E-state index contributed by atoms with van der Waals surface area (Å²) in [5, 5.41) is 3.99. The van der Waals surface area contributed by atoms with Crippen LogP contribution >= 0.6 is 22.9 Å².